The molecule has 0 unspecified atom stereocenters. The first-order valence-electron chi connectivity index (χ1n) is 9.00. The number of ether oxygens (including phenoxy) is 1. The topological polar surface area (TPSA) is 24.5 Å². The van der Waals surface area contributed by atoms with Crippen LogP contribution in [0.1, 0.15) is 31.2 Å². The molecule has 1 aliphatic carbocycles. The third-order valence-electron chi connectivity index (χ3n) is 4.75. The van der Waals surface area contributed by atoms with Crippen molar-refractivity contribution in [3.63, 3.8) is 0 Å². The van der Waals surface area contributed by atoms with E-state index in [9.17, 15) is 0 Å². The standard InChI is InChI=1S/C21H28N2O/c1-24-20-12-10-18(11-13-20)16-22-17-19-8-4-2-5-9-21(19)23-14-6-3-7-15-23/h2,4-5,9-13,22H,3,6-8,14-17H2,1H3. The van der Waals surface area contributed by atoms with Crippen molar-refractivity contribution in [2.75, 3.05) is 26.7 Å². The van der Waals surface area contributed by atoms with E-state index in [1.807, 2.05) is 12.1 Å². The zero-order valence-corrected chi connectivity index (χ0v) is 14.6. The highest BCUT2D eigenvalue weighted by Gasteiger charge is 2.15. The van der Waals surface area contributed by atoms with Gasteiger partial charge >= 0.3 is 0 Å². The van der Waals surface area contributed by atoms with Crippen LogP contribution < -0.4 is 10.1 Å². The normalized spacial score (nSPS) is 18.0. The SMILES string of the molecule is COc1ccc(CNCC2=C(N3CCCCC3)C=CC=CC2)cc1. The predicted octanol–water partition coefficient (Wildman–Crippen LogP) is 4.04. The van der Waals surface area contributed by atoms with Gasteiger partial charge in [-0.3, -0.25) is 0 Å². The zero-order valence-electron chi connectivity index (χ0n) is 14.6. The van der Waals surface area contributed by atoms with Gasteiger partial charge in [-0.05, 0) is 55.0 Å². The molecule has 0 aromatic heterocycles. The van der Waals surface area contributed by atoms with Crippen molar-refractivity contribution in [2.45, 2.75) is 32.2 Å². The molecule has 1 aromatic carbocycles. The van der Waals surface area contributed by atoms with E-state index in [-0.39, 0.29) is 0 Å². The highest BCUT2D eigenvalue weighted by molar-refractivity contribution is 5.33. The monoisotopic (exact) mass is 324 g/mol. The Morgan fingerprint density at radius 2 is 1.79 bits per heavy atom. The minimum Gasteiger partial charge on any atom is -0.497 e. The first-order chi connectivity index (χ1) is 11.9. The van der Waals surface area contributed by atoms with Crippen LogP contribution >= 0.6 is 0 Å². The molecule has 1 aromatic rings. The molecule has 0 spiro atoms. The van der Waals surface area contributed by atoms with Crippen molar-refractivity contribution in [1.82, 2.24) is 10.2 Å². The smallest absolute Gasteiger partial charge is 0.118 e. The minimum atomic E-state index is 0.883. The number of benzene rings is 1. The first-order valence-corrected chi connectivity index (χ1v) is 9.00. The van der Waals surface area contributed by atoms with Gasteiger partial charge < -0.3 is 15.0 Å². The van der Waals surface area contributed by atoms with Gasteiger partial charge in [0, 0.05) is 31.9 Å². The van der Waals surface area contributed by atoms with Crippen LogP contribution in [-0.4, -0.2) is 31.6 Å². The molecule has 3 rings (SSSR count). The Balaban J connectivity index is 1.62. The van der Waals surface area contributed by atoms with Crippen molar-refractivity contribution < 1.29 is 4.74 Å². The van der Waals surface area contributed by atoms with Crippen LogP contribution in [0.25, 0.3) is 0 Å². The van der Waals surface area contributed by atoms with Crippen molar-refractivity contribution >= 4 is 0 Å². The largest absolute Gasteiger partial charge is 0.497 e. The molecule has 0 saturated carbocycles. The number of allylic oxidation sites excluding steroid dienone is 4. The Hall–Kier alpha value is -2.00. The Morgan fingerprint density at radius 3 is 2.54 bits per heavy atom. The first kappa shape index (κ1) is 16.8. The molecule has 1 aliphatic heterocycles. The second-order valence-electron chi connectivity index (χ2n) is 6.48. The van der Waals surface area contributed by atoms with Crippen molar-refractivity contribution in [3.05, 3.63) is 65.4 Å². The molecule has 1 saturated heterocycles. The number of hydrogen-bond donors (Lipinski definition) is 1. The van der Waals surface area contributed by atoms with E-state index in [1.165, 1.54) is 49.2 Å². The fourth-order valence-electron chi connectivity index (χ4n) is 3.39. The molecule has 128 valence electrons. The maximum Gasteiger partial charge on any atom is 0.118 e. The molecule has 0 bridgehead atoms. The van der Waals surface area contributed by atoms with E-state index in [0.717, 1.165) is 25.3 Å². The minimum absolute atomic E-state index is 0.883. The molecule has 1 fully saturated rings. The molecular weight excluding hydrogens is 296 g/mol. The maximum atomic E-state index is 5.22. The zero-order chi connectivity index (χ0) is 16.6. The summed E-state index contributed by atoms with van der Waals surface area (Å²) in [5, 5.41) is 3.61. The number of nitrogens with one attached hydrogen (secondary N) is 1. The summed E-state index contributed by atoms with van der Waals surface area (Å²) in [7, 11) is 1.70. The number of methoxy groups -OCH3 is 1. The van der Waals surface area contributed by atoms with Gasteiger partial charge in [-0.25, -0.2) is 0 Å². The van der Waals surface area contributed by atoms with Gasteiger partial charge in [0.25, 0.3) is 0 Å². The van der Waals surface area contributed by atoms with Gasteiger partial charge in [-0.1, -0.05) is 30.4 Å². The Bertz CT molecular complexity index is 607. The predicted molar refractivity (Wildman–Crippen MR) is 100 cm³/mol. The number of piperidine rings is 1. The highest BCUT2D eigenvalue weighted by atomic mass is 16.5. The van der Waals surface area contributed by atoms with E-state index in [2.05, 4.69) is 46.7 Å². The Kier molecular flexibility index (Phi) is 6.13. The summed E-state index contributed by atoms with van der Waals surface area (Å²) in [6.07, 6.45) is 13.9. The molecule has 2 aliphatic rings. The maximum absolute atomic E-state index is 5.22. The van der Waals surface area contributed by atoms with Gasteiger partial charge in [0.05, 0.1) is 7.11 Å². The Morgan fingerprint density at radius 1 is 1.00 bits per heavy atom. The van der Waals surface area contributed by atoms with Crippen LogP contribution in [-0.2, 0) is 6.54 Å². The van der Waals surface area contributed by atoms with Crippen LogP contribution in [0.4, 0.5) is 0 Å². The van der Waals surface area contributed by atoms with Crippen LogP contribution in [0.5, 0.6) is 5.75 Å². The van der Waals surface area contributed by atoms with Crippen molar-refractivity contribution in [2.24, 2.45) is 0 Å². The van der Waals surface area contributed by atoms with Crippen molar-refractivity contribution in [3.8, 4) is 5.75 Å². The third-order valence-corrected chi connectivity index (χ3v) is 4.75. The highest BCUT2D eigenvalue weighted by Crippen LogP contribution is 2.22. The lowest BCUT2D eigenvalue weighted by Gasteiger charge is -2.31. The van der Waals surface area contributed by atoms with E-state index < -0.39 is 0 Å². The summed E-state index contributed by atoms with van der Waals surface area (Å²) in [6, 6.07) is 8.29. The average molecular weight is 324 g/mol. The molecule has 1 heterocycles. The average Bonchev–Trinajstić information content (AvgIpc) is 2.89. The lowest BCUT2D eigenvalue weighted by molar-refractivity contribution is 0.289. The molecule has 0 atom stereocenters. The fraction of sp³-hybridized carbons (Fsp3) is 0.429. The van der Waals surface area contributed by atoms with Gasteiger partial charge in [0.1, 0.15) is 5.75 Å². The molecule has 3 heteroatoms. The van der Waals surface area contributed by atoms with Gasteiger partial charge in [-0.2, -0.15) is 0 Å². The number of hydrogen-bond acceptors (Lipinski definition) is 3. The summed E-state index contributed by atoms with van der Waals surface area (Å²) < 4.78 is 5.22. The molecule has 0 amide bonds. The number of likely N-dealkylation sites (tertiary alicyclic amines) is 1. The summed E-state index contributed by atoms with van der Waals surface area (Å²) in [6.45, 7) is 4.21. The van der Waals surface area contributed by atoms with Gasteiger partial charge in [0.15, 0.2) is 0 Å². The van der Waals surface area contributed by atoms with Gasteiger partial charge in [0.2, 0.25) is 0 Å². The van der Waals surface area contributed by atoms with Crippen molar-refractivity contribution in [1.29, 1.82) is 0 Å². The Labute approximate surface area is 145 Å². The third kappa shape index (κ3) is 4.51. The van der Waals surface area contributed by atoms with Crippen LogP contribution in [0, 0.1) is 0 Å². The molecule has 0 radical (unpaired) electrons. The van der Waals surface area contributed by atoms with Gasteiger partial charge in [-0.15, -0.1) is 0 Å². The van der Waals surface area contributed by atoms with E-state index in [4.69, 9.17) is 4.74 Å². The summed E-state index contributed by atoms with van der Waals surface area (Å²) in [5.41, 5.74) is 4.22. The molecular formula is C21H28N2O. The molecule has 24 heavy (non-hydrogen) atoms. The molecule has 1 N–H and O–H groups in total. The second-order valence-corrected chi connectivity index (χ2v) is 6.48. The lowest BCUT2D eigenvalue weighted by atomic mass is 10.1. The number of nitrogens with zero attached hydrogens (tertiary/aromatic N) is 1. The van der Waals surface area contributed by atoms with E-state index in [0.29, 0.717) is 0 Å². The van der Waals surface area contributed by atoms with Crippen LogP contribution in [0.3, 0.4) is 0 Å². The lowest BCUT2D eigenvalue weighted by Crippen LogP contribution is -2.30. The van der Waals surface area contributed by atoms with Crippen LogP contribution in [0.2, 0.25) is 0 Å². The number of rotatable bonds is 6. The molecule has 3 nitrogen and oxygen atoms in total. The van der Waals surface area contributed by atoms with Crippen LogP contribution in [0.15, 0.2) is 59.8 Å². The summed E-state index contributed by atoms with van der Waals surface area (Å²) in [5.74, 6) is 0.910. The van der Waals surface area contributed by atoms with E-state index in [1.54, 1.807) is 7.11 Å². The quantitative estimate of drug-likeness (QED) is 0.854. The second kappa shape index (κ2) is 8.74. The summed E-state index contributed by atoms with van der Waals surface area (Å²) >= 11 is 0. The van der Waals surface area contributed by atoms with E-state index >= 15 is 0 Å². The fourth-order valence-corrected chi connectivity index (χ4v) is 3.39. The summed E-state index contributed by atoms with van der Waals surface area (Å²) in [4.78, 5) is 2.57.